The lowest BCUT2D eigenvalue weighted by Gasteiger charge is -2.15. The molecule has 0 aliphatic rings. The van der Waals surface area contributed by atoms with Crippen molar-refractivity contribution in [1.82, 2.24) is 10.6 Å². The monoisotopic (exact) mass is 361 g/mol. The van der Waals surface area contributed by atoms with Gasteiger partial charge >= 0.3 is 0 Å². The second-order valence-corrected chi connectivity index (χ2v) is 6.65. The van der Waals surface area contributed by atoms with Crippen molar-refractivity contribution in [2.24, 2.45) is 4.99 Å². The highest BCUT2D eigenvalue weighted by molar-refractivity contribution is 7.10. The van der Waals surface area contributed by atoms with Crippen molar-refractivity contribution in [3.8, 4) is 11.5 Å². The third-order valence-corrected chi connectivity index (χ3v) is 4.95. The molecule has 1 heterocycles. The Kier molecular flexibility index (Phi) is 7.60. The van der Waals surface area contributed by atoms with Gasteiger partial charge in [-0.2, -0.15) is 0 Å². The summed E-state index contributed by atoms with van der Waals surface area (Å²) in [5, 5.41) is 8.82. The zero-order valence-electron chi connectivity index (χ0n) is 15.3. The Bertz CT molecular complexity index is 671. The summed E-state index contributed by atoms with van der Waals surface area (Å²) in [6.45, 7) is 6.48. The number of nitrogens with one attached hydrogen (secondary N) is 2. The fourth-order valence-corrected chi connectivity index (χ4v) is 3.20. The van der Waals surface area contributed by atoms with E-state index in [1.807, 2.05) is 18.2 Å². The quantitative estimate of drug-likeness (QED) is 0.557. The summed E-state index contributed by atoms with van der Waals surface area (Å²) < 4.78 is 10.7. The first kappa shape index (κ1) is 19.1. The van der Waals surface area contributed by atoms with Gasteiger partial charge in [0.2, 0.25) is 0 Å². The van der Waals surface area contributed by atoms with Crippen LogP contribution in [0.2, 0.25) is 0 Å². The van der Waals surface area contributed by atoms with Gasteiger partial charge in [-0.15, -0.1) is 11.3 Å². The molecule has 2 rings (SSSR count). The number of rotatable bonds is 8. The Labute approximate surface area is 154 Å². The second kappa shape index (κ2) is 9.93. The molecule has 0 saturated heterocycles. The Balaban J connectivity index is 2.01. The first-order valence-electron chi connectivity index (χ1n) is 8.44. The minimum absolute atomic E-state index is 0.444. The second-order valence-electron chi connectivity index (χ2n) is 5.67. The molecular formula is C19H27N3O2S. The number of hydrogen-bond acceptors (Lipinski definition) is 4. The van der Waals surface area contributed by atoms with E-state index in [4.69, 9.17) is 9.47 Å². The van der Waals surface area contributed by atoms with Crippen molar-refractivity contribution in [2.45, 2.75) is 26.3 Å². The van der Waals surface area contributed by atoms with Gasteiger partial charge in [0.15, 0.2) is 5.96 Å². The van der Waals surface area contributed by atoms with E-state index in [2.05, 4.69) is 47.0 Å². The molecule has 1 aromatic carbocycles. The maximum absolute atomic E-state index is 5.44. The Morgan fingerprint density at radius 2 is 2.04 bits per heavy atom. The van der Waals surface area contributed by atoms with Crippen LogP contribution in [0.5, 0.6) is 11.5 Å². The van der Waals surface area contributed by atoms with Gasteiger partial charge in [-0.05, 0) is 30.5 Å². The molecule has 2 N–H and O–H groups in total. The van der Waals surface area contributed by atoms with Crippen LogP contribution in [0.3, 0.4) is 0 Å². The standard InChI is InChI=1S/C19H27N3O2S/c1-5-20-19(21-12-14(2)18-7-6-10-25-18)22-13-15-8-9-16(23-3)11-17(15)24-4/h6-11,14H,5,12-13H2,1-4H3,(H2,20,21,22). The minimum atomic E-state index is 0.444. The first-order chi connectivity index (χ1) is 12.2. The SMILES string of the molecule is CCNC(=NCc1ccc(OC)cc1OC)NCC(C)c1cccs1. The number of nitrogens with zero attached hydrogens (tertiary/aromatic N) is 1. The summed E-state index contributed by atoms with van der Waals surface area (Å²) in [4.78, 5) is 6.05. The topological polar surface area (TPSA) is 54.9 Å². The van der Waals surface area contributed by atoms with Crippen molar-refractivity contribution in [3.05, 3.63) is 46.2 Å². The largest absolute Gasteiger partial charge is 0.497 e. The van der Waals surface area contributed by atoms with Crippen molar-refractivity contribution >= 4 is 17.3 Å². The number of thiophene rings is 1. The van der Waals surface area contributed by atoms with Gasteiger partial charge in [-0.1, -0.05) is 13.0 Å². The van der Waals surface area contributed by atoms with Gasteiger partial charge in [-0.3, -0.25) is 0 Å². The number of benzene rings is 1. The lowest BCUT2D eigenvalue weighted by Crippen LogP contribution is -2.39. The van der Waals surface area contributed by atoms with Crippen molar-refractivity contribution in [1.29, 1.82) is 0 Å². The number of aliphatic imine (C=N–C) groups is 1. The summed E-state index contributed by atoms with van der Waals surface area (Å²) in [6, 6.07) is 10.0. The Hall–Kier alpha value is -2.21. The zero-order valence-corrected chi connectivity index (χ0v) is 16.2. The van der Waals surface area contributed by atoms with E-state index in [1.54, 1.807) is 25.6 Å². The van der Waals surface area contributed by atoms with Crippen molar-refractivity contribution < 1.29 is 9.47 Å². The predicted molar refractivity (Wildman–Crippen MR) is 105 cm³/mol. The molecule has 0 bridgehead atoms. The third kappa shape index (κ3) is 5.67. The van der Waals surface area contributed by atoms with Crippen LogP contribution in [0.1, 0.15) is 30.2 Å². The van der Waals surface area contributed by atoms with E-state index in [0.717, 1.165) is 36.1 Å². The summed E-state index contributed by atoms with van der Waals surface area (Å²) in [6.07, 6.45) is 0. The predicted octanol–water partition coefficient (Wildman–Crippen LogP) is 3.62. The molecule has 0 radical (unpaired) electrons. The van der Waals surface area contributed by atoms with Gasteiger partial charge in [-0.25, -0.2) is 4.99 Å². The molecule has 1 unspecified atom stereocenters. The van der Waals surface area contributed by atoms with E-state index >= 15 is 0 Å². The summed E-state index contributed by atoms with van der Waals surface area (Å²) >= 11 is 1.79. The van der Waals surface area contributed by atoms with Crippen LogP contribution in [0.25, 0.3) is 0 Å². The highest BCUT2D eigenvalue weighted by Gasteiger charge is 2.08. The number of ether oxygens (including phenoxy) is 2. The van der Waals surface area contributed by atoms with Gasteiger partial charge in [0.25, 0.3) is 0 Å². The maximum Gasteiger partial charge on any atom is 0.191 e. The third-order valence-electron chi connectivity index (χ3n) is 3.85. The van der Waals surface area contributed by atoms with Crippen LogP contribution in [0, 0.1) is 0 Å². The molecular weight excluding hydrogens is 334 g/mol. The van der Waals surface area contributed by atoms with E-state index < -0.39 is 0 Å². The van der Waals surface area contributed by atoms with Gasteiger partial charge in [0, 0.05) is 35.5 Å². The molecule has 1 atom stereocenters. The molecule has 136 valence electrons. The highest BCUT2D eigenvalue weighted by atomic mass is 32.1. The average Bonchev–Trinajstić information content (AvgIpc) is 3.18. The molecule has 5 nitrogen and oxygen atoms in total. The zero-order chi connectivity index (χ0) is 18.1. The van der Waals surface area contributed by atoms with Crippen LogP contribution >= 0.6 is 11.3 Å². The van der Waals surface area contributed by atoms with E-state index in [1.165, 1.54) is 4.88 Å². The van der Waals surface area contributed by atoms with Crippen LogP contribution in [0.15, 0.2) is 40.7 Å². The number of methoxy groups -OCH3 is 2. The Morgan fingerprint density at radius 3 is 2.68 bits per heavy atom. The van der Waals surface area contributed by atoms with Crippen molar-refractivity contribution in [3.63, 3.8) is 0 Å². The fourth-order valence-electron chi connectivity index (χ4n) is 2.41. The highest BCUT2D eigenvalue weighted by Crippen LogP contribution is 2.25. The first-order valence-corrected chi connectivity index (χ1v) is 9.32. The average molecular weight is 362 g/mol. The number of guanidine groups is 1. The summed E-state index contributed by atoms with van der Waals surface area (Å²) in [5.41, 5.74) is 1.02. The van der Waals surface area contributed by atoms with Gasteiger partial charge in [0.1, 0.15) is 11.5 Å². The van der Waals surface area contributed by atoms with E-state index in [9.17, 15) is 0 Å². The molecule has 1 aromatic heterocycles. The summed E-state index contributed by atoms with van der Waals surface area (Å²) in [5.74, 6) is 2.81. The molecule has 0 fully saturated rings. The summed E-state index contributed by atoms with van der Waals surface area (Å²) in [7, 11) is 3.31. The smallest absolute Gasteiger partial charge is 0.191 e. The van der Waals surface area contributed by atoms with E-state index in [-0.39, 0.29) is 0 Å². The molecule has 0 saturated carbocycles. The van der Waals surface area contributed by atoms with Gasteiger partial charge in [0.05, 0.1) is 20.8 Å². The van der Waals surface area contributed by atoms with Crippen LogP contribution in [-0.2, 0) is 6.54 Å². The minimum Gasteiger partial charge on any atom is -0.497 e. The van der Waals surface area contributed by atoms with Crippen LogP contribution in [0.4, 0.5) is 0 Å². The lowest BCUT2D eigenvalue weighted by molar-refractivity contribution is 0.391. The molecule has 6 heteroatoms. The molecule has 0 aliphatic heterocycles. The van der Waals surface area contributed by atoms with E-state index in [0.29, 0.717) is 12.5 Å². The molecule has 0 aliphatic carbocycles. The van der Waals surface area contributed by atoms with Crippen molar-refractivity contribution in [2.75, 3.05) is 27.3 Å². The lowest BCUT2D eigenvalue weighted by atomic mass is 10.1. The maximum atomic E-state index is 5.44. The molecule has 0 spiro atoms. The molecule has 2 aromatic rings. The Morgan fingerprint density at radius 1 is 1.20 bits per heavy atom. The number of hydrogen-bond donors (Lipinski definition) is 2. The molecule has 25 heavy (non-hydrogen) atoms. The fraction of sp³-hybridized carbons (Fsp3) is 0.421. The van der Waals surface area contributed by atoms with Crippen LogP contribution in [-0.4, -0.2) is 33.3 Å². The normalized spacial score (nSPS) is 12.6. The van der Waals surface area contributed by atoms with Gasteiger partial charge < -0.3 is 20.1 Å². The molecule has 0 amide bonds. The van der Waals surface area contributed by atoms with Crippen LogP contribution < -0.4 is 20.1 Å².